The average Bonchev–Trinajstić information content (AvgIpc) is 3.53. The molecule has 7 heteroatoms. The minimum atomic E-state index is -1.25. The number of halogens is 2. The van der Waals surface area contributed by atoms with Crippen LogP contribution in [-0.2, 0) is 16.8 Å². The van der Waals surface area contributed by atoms with Crippen molar-refractivity contribution in [2.24, 2.45) is 5.92 Å². The highest BCUT2D eigenvalue weighted by atomic mass is 35.5. The van der Waals surface area contributed by atoms with Crippen molar-refractivity contribution in [1.29, 1.82) is 0 Å². The summed E-state index contributed by atoms with van der Waals surface area (Å²) in [5.74, 6) is -0.0168. The lowest BCUT2D eigenvalue weighted by Gasteiger charge is -2.30. The molecule has 0 radical (unpaired) electrons. The first-order chi connectivity index (χ1) is 13.4. The quantitative estimate of drug-likeness (QED) is 0.798. The second kappa shape index (κ2) is 7.33. The molecule has 2 heterocycles. The number of aromatic nitrogens is 1. The molecule has 0 saturated heterocycles. The zero-order valence-corrected chi connectivity index (χ0v) is 16.4. The van der Waals surface area contributed by atoms with Crippen molar-refractivity contribution in [3.05, 3.63) is 46.4 Å². The molecule has 148 valence electrons. The van der Waals surface area contributed by atoms with E-state index in [0.717, 1.165) is 31.2 Å². The highest BCUT2D eigenvalue weighted by Crippen LogP contribution is 2.47. The molecule has 2 aliphatic rings. The smallest absolute Gasteiger partial charge is 0.216 e. The molecule has 4 rings (SSSR count). The number of aliphatic hydroxyl groups is 1. The summed E-state index contributed by atoms with van der Waals surface area (Å²) in [5.41, 5.74) is 1.37. The van der Waals surface area contributed by atoms with Gasteiger partial charge in [0.25, 0.3) is 0 Å². The van der Waals surface area contributed by atoms with Gasteiger partial charge in [0.2, 0.25) is 5.91 Å². The number of fused-ring (bicyclic) bond motifs is 1. The Morgan fingerprint density at radius 1 is 1.43 bits per heavy atom. The number of nitrogens with one attached hydrogen (secondary N) is 1. The van der Waals surface area contributed by atoms with Gasteiger partial charge in [-0.15, -0.1) is 0 Å². The minimum Gasteiger partial charge on any atom is -0.491 e. The van der Waals surface area contributed by atoms with Gasteiger partial charge in [-0.3, -0.25) is 4.79 Å². The molecule has 1 amide bonds. The Kier molecular flexibility index (Phi) is 5.02. The SMILES string of the molecule is CC(=O)NCC(O)(c1cc2c(c(-c3ccc(F)c(Cl)c3)n1)OCCC2)C1CC1. The number of carbonyl (C=O) groups is 1. The fraction of sp³-hybridized carbons (Fsp3) is 0.429. The van der Waals surface area contributed by atoms with Gasteiger partial charge in [-0.05, 0) is 61.4 Å². The van der Waals surface area contributed by atoms with E-state index in [-0.39, 0.29) is 23.4 Å². The average molecular weight is 405 g/mol. The molecule has 2 N–H and O–H groups in total. The van der Waals surface area contributed by atoms with Crippen LogP contribution in [0.15, 0.2) is 24.3 Å². The largest absolute Gasteiger partial charge is 0.491 e. The van der Waals surface area contributed by atoms with E-state index in [0.29, 0.717) is 29.3 Å². The third-order valence-corrected chi connectivity index (χ3v) is 5.67. The van der Waals surface area contributed by atoms with Gasteiger partial charge >= 0.3 is 0 Å². The Labute approximate surface area is 167 Å². The Morgan fingerprint density at radius 2 is 2.21 bits per heavy atom. The highest BCUT2D eigenvalue weighted by Gasteiger charge is 2.47. The van der Waals surface area contributed by atoms with Crippen molar-refractivity contribution >= 4 is 17.5 Å². The second-order valence-corrected chi connectivity index (χ2v) is 7.94. The van der Waals surface area contributed by atoms with E-state index < -0.39 is 11.4 Å². The van der Waals surface area contributed by atoms with Crippen LogP contribution in [0.1, 0.15) is 37.4 Å². The van der Waals surface area contributed by atoms with E-state index in [1.165, 1.54) is 19.1 Å². The molecule has 0 spiro atoms. The van der Waals surface area contributed by atoms with Crippen LogP contribution in [0.3, 0.4) is 0 Å². The monoisotopic (exact) mass is 404 g/mol. The van der Waals surface area contributed by atoms with Gasteiger partial charge in [-0.1, -0.05) is 11.6 Å². The van der Waals surface area contributed by atoms with Crippen LogP contribution < -0.4 is 10.1 Å². The number of benzene rings is 1. The van der Waals surface area contributed by atoms with Gasteiger partial charge in [0.05, 0.1) is 23.9 Å². The van der Waals surface area contributed by atoms with Crippen LogP contribution in [0, 0.1) is 11.7 Å². The third kappa shape index (κ3) is 3.59. The van der Waals surface area contributed by atoms with Crippen LogP contribution in [0.5, 0.6) is 5.75 Å². The van der Waals surface area contributed by atoms with Gasteiger partial charge < -0.3 is 15.2 Å². The normalized spacial score (nSPS) is 18.0. The van der Waals surface area contributed by atoms with E-state index >= 15 is 0 Å². The molecule has 1 unspecified atom stereocenters. The summed E-state index contributed by atoms with van der Waals surface area (Å²) in [6.07, 6.45) is 3.42. The van der Waals surface area contributed by atoms with Gasteiger partial charge in [0, 0.05) is 12.5 Å². The second-order valence-electron chi connectivity index (χ2n) is 7.53. The van der Waals surface area contributed by atoms with Crippen LogP contribution in [-0.4, -0.2) is 29.1 Å². The van der Waals surface area contributed by atoms with Crippen LogP contribution in [0.4, 0.5) is 4.39 Å². The molecule has 1 aliphatic heterocycles. The number of pyridine rings is 1. The van der Waals surface area contributed by atoms with Crippen molar-refractivity contribution in [3.63, 3.8) is 0 Å². The van der Waals surface area contributed by atoms with Gasteiger partial charge in [-0.25, -0.2) is 9.37 Å². The molecule has 1 aliphatic carbocycles. The third-order valence-electron chi connectivity index (χ3n) is 5.38. The number of hydrogen-bond acceptors (Lipinski definition) is 4. The topological polar surface area (TPSA) is 71.5 Å². The lowest BCUT2D eigenvalue weighted by Crippen LogP contribution is -2.42. The molecule has 28 heavy (non-hydrogen) atoms. The zero-order chi connectivity index (χ0) is 19.9. The standard InChI is InChI=1S/C21H22ClFN2O3/c1-12(26)24-11-21(27,15-5-6-15)18-10-14-3-2-8-28-20(14)19(25-18)13-4-7-17(23)16(22)9-13/h4,7,9-10,15,27H,2-3,5-6,8,11H2,1H3,(H,24,26). The fourth-order valence-corrected chi connectivity index (χ4v) is 3.88. The summed E-state index contributed by atoms with van der Waals surface area (Å²) in [5, 5.41) is 14.2. The number of ether oxygens (including phenoxy) is 1. The number of nitrogens with zero attached hydrogens (tertiary/aromatic N) is 1. The first kappa shape index (κ1) is 19.2. The van der Waals surface area contributed by atoms with Crippen molar-refractivity contribution in [2.45, 2.75) is 38.2 Å². The summed E-state index contributed by atoms with van der Waals surface area (Å²) in [4.78, 5) is 16.2. The minimum absolute atomic E-state index is 0.00460. The van der Waals surface area contributed by atoms with Crippen LogP contribution >= 0.6 is 11.6 Å². The predicted octanol–water partition coefficient (Wildman–Crippen LogP) is 3.60. The Morgan fingerprint density at radius 3 is 2.89 bits per heavy atom. The maximum Gasteiger partial charge on any atom is 0.216 e. The van der Waals surface area contributed by atoms with E-state index in [2.05, 4.69) is 5.32 Å². The lowest BCUT2D eigenvalue weighted by molar-refractivity contribution is -0.120. The molecular formula is C21H22ClFN2O3. The van der Waals surface area contributed by atoms with Crippen LogP contribution in [0.2, 0.25) is 5.02 Å². The molecule has 0 bridgehead atoms. The molecule has 1 atom stereocenters. The summed E-state index contributed by atoms with van der Waals surface area (Å²) in [7, 11) is 0. The first-order valence-corrected chi connectivity index (χ1v) is 9.85. The van der Waals surface area contributed by atoms with Crippen molar-refractivity contribution < 1.29 is 19.0 Å². The molecule has 2 aromatic rings. The summed E-state index contributed by atoms with van der Waals surface area (Å²) in [6, 6.07) is 6.30. The Hall–Kier alpha value is -2.18. The summed E-state index contributed by atoms with van der Waals surface area (Å²) < 4.78 is 19.5. The lowest BCUT2D eigenvalue weighted by atomic mass is 9.89. The Bertz CT molecular complexity index is 932. The Balaban J connectivity index is 1.84. The van der Waals surface area contributed by atoms with E-state index in [1.54, 1.807) is 6.07 Å². The summed E-state index contributed by atoms with van der Waals surface area (Å²) >= 11 is 5.98. The van der Waals surface area contributed by atoms with Crippen molar-refractivity contribution in [2.75, 3.05) is 13.2 Å². The molecular weight excluding hydrogens is 383 g/mol. The summed E-state index contributed by atoms with van der Waals surface area (Å²) in [6.45, 7) is 2.10. The van der Waals surface area contributed by atoms with Crippen molar-refractivity contribution in [3.8, 4) is 17.0 Å². The fourth-order valence-electron chi connectivity index (χ4n) is 3.69. The van der Waals surface area contributed by atoms with Crippen molar-refractivity contribution in [1.82, 2.24) is 10.3 Å². The number of carbonyl (C=O) groups excluding carboxylic acids is 1. The molecule has 1 aromatic carbocycles. The first-order valence-electron chi connectivity index (χ1n) is 9.48. The predicted molar refractivity (Wildman–Crippen MR) is 104 cm³/mol. The number of hydrogen-bond donors (Lipinski definition) is 2. The maximum atomic E-state index is 13.6. The highest BCUT2D eigenvalue weighted by molar-refractivity contribution is 6.31. The molecule has 5 nitrogen and oxygen atoms in total. The molecule has 1 saturated carbocycles. The van der Waals surface area contributed by atoms with Gasteiger partial charge in [0.15, 0.2) is 0 Å². The number of rotatable bonds is 5. The maximum absolute atomic E-state index is 13.6. The van der Waals surface area contributed by atoms with Gasteiger partial charge in [-0.2, -0.15) is 0 Å². The molecule has 1 fully saturated rings. The number of aryl methyl sites for hydroxylation is 1. The van der Waals surface area contributed by atoms with E-state index in [9.17, 15) is 14.3 Å². The molecule has 1 aromatic heterocycles. The van der Waals surface area contributed by atoms with E-state index in [1.807, 2.05) is 6.07 Å². The zero-order valence-electron chi connectivity index (χ0n) is 15.6. The van der Waals surface area contributed by atoms with Crippen LogP contribution in [0.25, 0.3) is 11.3 Å². The number of amides is 1. The van der Waals surface area contributed by atoms with E-state index in [4.69, 9.17) is 21.3 Å². The van der Waals surface area contributed by atoms with Gasteiger partial charge in [0.1, 0.15) is 22.9 Å².